The molecule has 0 saturated heterocycles. The molecule has 0 radical (unpaired) electrons. The summed E-state index contributed by atoms with van der Waals surface area (Å²) in [6, 6.07) is 20.7. The van der Waals surface area contributed by atoms with E-state index in [1.807, 2.05) is 78.3 Å². The number of benzene rings is 2. The molecule has 0 unspecified atom stereocenters. The Labute approximate surface area is 196 Å². The molecule has 0 fully saturated rings. The molecule has 0 amide bonds. The van der Waals surface area contributed by atoms with Gasteiger partial charge in [-0.15, -0.1) is 11.3 Å². The van der Waals surface area contributed by atoms with Gasteiger partial charge < -0.3 is 4.74 Å². The summed E-state index contributed by atoms with van der Waals surface area (Å²) >= 11 is 1.57. The third kappa shape index (κ3) is 4.17. The van der Waals surface area contributed by atoms with Crippen LogP contribution in [0.3, 0.4) is 0 Å². The van der Waals surface area contributed by atoms with Gasteiger partial charge in [-0.25, -0.2) is 13.1 Å². The van der Waals surface area contributed by atoms with Crippen LogP contribution in [0.25, 0.3) is 16.3 Å². The Morgan fingerprint density at radius 2 is 1.88 bits per heavy atom. The zero-order valence-corrected chi connectivity index (χ0v) is 19.8. The van der Waals surface area contributed by atoms with Crippen molar-refractivity contribution >= 4 is 27.1 Å². The lowest BCUT2D eigenvalue weighted by Gasteiger charge is -2.20. The summed E-state index contributed by atoms with van der Waals surface area (Å²) in [5, 5.41) is 11.4. The Morgan fingerprint density at radius 1 is 1.06 bits per heavy atom. The number of aromatic nitrogens is 2. The highest BCUT2D eigenvalue weighted by Crippen LogP contribution is 2.40. The molecular formula is C24H22N4O3S2. The molecule has 9 heteroatoms. The maximum absolute atomic E-state index is 12.8. The number of methoxy groups -OCH3 is 1. The molecule has 7 nitrogen and oxygen atoms in total. The maximum atomic E-state index is 12.8. The first kappa shape index (κ1) is 21.4. The van der Waals surface area contributed by atoms with Gasteiger partial charge in [0.25, 0.3) is 0 Å². The van der Waals surface area contributed by atoms with Crippen LogP contribution in [-0.2, 0) is 10.0 Å². The van der Waals surface area contributed by atoms with Crippen molar-refractivity contribution in [3.05, 3.63) is 89.4 Å². The van der Waals surface area contributed by atoms with E-state index in [1.165, 1.54) is 10.7 Å². The summed E-state index contributed by atoms with van der Waals surface area (Å²) in [4.78, 5) is 0.975. The molecule has 0 N–H and O–H groups in total. The van der Waals surface area contributed by atoms with Crippen molar-refractivity contribution in [3.63, 3.8) is 0 Å². The summed E-state index contributed by atoms with van der Waals surface area (Å²) in [6.07, 6.45) is 3.53. The standard InChI is InChI=1S/C24H22N4O3S2/c1-31-19-11-6-8-17(14-19)21-15-22(28(25-21)33(2,29)30)20-16-27(18-9-4-3-5-10-18)26-24(20)23-12-7-13-32-23/h3-14,16,22H,15H2,1-2H3/t22-/m1/s1. The minimum absolute atomic E-state index is 0.430. The van der Waals surface area contributed by atoms with Crippen molar-refractivity contribution < 1.29 is 13.2 Å². The Morgan fingerprint density at radius 3 is 2.58 bits per heavy atom. The average Bonchev–Trinajstić information content (AvgIpc) is 3.58. The van der Waals surface area contributed by atoms with Gasteiger partial charge in [0.2, 0.25) is 10.0 Å². The highest BCUT2D eigenvalue weighted by atomic mass is 32.2. The van der Waals surface area contributed by atoms with Crippen molar-refractivity contribution in [3.8, 4) is 22.0 Å². The fourth-order valence-electron chi connectivity index (χ4n) is 3.95. The van der Waals surface area contributed by atoms with Crippen LogP contribution in [0.15, 0.2) is 83.4 Å². The van der Waals surface area contributed by atoms with E-state index in [4.69, 9.17) is 9.84 Å². The highest BCUT2D eigenvalue weighted by molar-refractivity contribution is 7.88. The molecule has 168 valence electrons. The number of hydrazone groups is 1. The summed E-state index contributed by atoms with van der Waals surface area (Å²) in [5.41, 5.74) is 4.00. The van der Waals surface area contributed by atoms with Crippen molar-refractivity contribution in [1.29, 1.82) is 0 Å². The number of para-hydroxylation sites is 1. The Bertz CT molecular complexity index is 1410. The highest BCUT2D eigenvalue weighted by Gasteiger charge is 2.37. The normalized spacial score (nSPS) is 16.1. The van der Waals surface area contributed by atoms with Gasteiger partial charge in [-0.05, 0) is 35.7 Å². The van der Waals surface area contributed by atoms with Crippen LogP contribution in [0.4, 0.5) is 0 Å². The first-order valence-electron chi connectivity index (χ1n) is 10.3. The molecule has 33 heavy (non-hydrogen) atoms. The topological polar surface area (TPSA) is 76.8 Å². The number of thiophene rings is 1. The predicted molar refractivity (Wildman–Crippen MR) is 130 cm³/mol. The summed E-state index contributed by atoms with van der Waals surface area (Å²) in [7, 11) is -2.01. The van der Waals surface area contributed by atoms with E-state index >= 15 is 0 Å². The molecule has 2 aromatic carbocycles. The Balaban J connectivity index is 1.62. The number of nitrogens with zero attached hydrogens (tertiary/aromatic N) is 4. The zero-order chi connectivity index (χ0) is 23.0. The average molecular weight is 479 g/mol. The van der Waals surface area contributed by atoms with Crippen LogP contribution in [0.5, 0.6) is 5.75 Å². The third-order valence-corrected chi connectivity index (χ3v) is 7.38. The van der Waals surface area contributed by atoms with E-state index in [0.29, 0.717) is 17.9 Å². The SMILES string of the molecule is COc1cccc(C2=NN(S(C)(=O)=O)[C@@H](c3cn(-c4ccccc4)nc3-c3cccs3)C2)c1. The molecule has 0 aliphatic carbocycles. The van der Waals surface area contributed by atoms with Crippen LogP contribution >= 0.6 is 11.3 Å². The van der Waals surface area contributed by atoms with Gasteiger partial charge in [-0.1, -0.05) is 36.4 Å². The molecule has 4 aromatic rings. The monoisotopic (exact) mass is 478 g/mol. The van der Waals surface area contributed by atoms with E-state index in [-0.39, 0.29) is 0 Å². The second-order valence-corrected chi connectivity index (χ2v) is 10.5. The molecule has 1 aliphatic rings. The number of sulfonamides is 1. The second-order valence-electron chi connectivity index (χ2n) is 7.72. The molecule has 2 aromatic heterocycles. The smallest absolute Gasteiger partial charge is 0.247 e. The maximum Gasteiger partial charge on any atom is 0.247 e. The molecule has 0 spiro atoms. The van der Waals surface area contributed by atoms with Gasteiger partial charge in [0.05, 0.1) is 35.7 Å². The van der Waals surface area contributed by atoms with Crippen LogP contribution in [0, 0.1) is 0 Å². The number of hydrogen-bond donors (Lipinski definition) is 0. The Kier molecular flexibility index (Phi) is 5.51. The molecule has 1 aliphatic heterocycles. The minimum atomic E-state index is -3.62. The van der Waals surface area contributed by atoms with Crippen LogP contribution < -0.4 is 4.74 Å². The summed E-state index contributed by atoms with van der Waals surface area (Å²) in [5.74, 6) is 0.695. The van der Waals surface area contributed by atoms with E-state index in [1.54, 1.807) is 23.1 Å². The molecule has 5 rings (SSSR count). The largest absolute Gasteiger partial charge is 0.497 e. The lowest BCUT2D eigenvalue weighted by atomic mass is 9.99. The van der Waals surface area contributed by atoms with Gasteiger partial charge in [-0.3, -0.25) is 0 Å². The second kappa shape index (κ2) is 8.49. The number of ether oxygens (including phenoxy) is 1. The fourth-order valence-corrected chi connectivity index (χ4v) is 5.58. The number of rotatable bonds is 6. The minimum Gasteiger partial charge on any atom is -0.497 e. The quantitative estimate of drug-likeness (QED) is 0.402. The van der Waals surface area contributed by atoms with Crippen LogP contribution in [0.2, 0.25) is 0 Å². The number of hydrogen-bond acceptors (Lipinski definition) is 6. The van der Waals surface area contributed by atoms with E-state index in [9.17, 15) is 8.42 Å². The summed E-state index contributed by atoms with van der Waals surface area (Å²) in [6.45, 7) is 0. The Hall–Kier alpha value is -3.43. The summed E-state index contributed by atoms with van der Waals surface area (Å²) < 4.78 is 33.9. The molecule has 0 saturated carbocycles. The van der Waals surface area contributed by atoms with Crippen molar-refractivity contribution in [2.75, 3.05) is 13.4 Å². The predicted octanol–water partition coefficient (Wildman–Crippen LogP) is 4.72. The van der Waals surface area contributed by atoms with E-state index in [0.717, 1.165) is 27.4 Å². The first-order chi connectivity index (χ1) is 15.9. The lowest BCUT2D eigenvalue weighted by Crippen LogP contribution is -2.26. The molecular weight excluding hydrogens is 456 g/mol. The van der Waals surface area contributed by atoms with Crippen LogP contribution in [-0.4, -0.2) is 41.7 Å². The van der Waals surface area contributed by atoms with Gasteiger partial charge in [0, 0.05) is 23.7 Å². The lowest BCUT2D eigenvalue weighted by molar-refractivity contribution is 0.375. The van der Waals surface area contributed by atoms with E-state index in [2.05, 4.69) is 5.10 Å². The van der Waals surface area contributed by atoms with E-state index < -0.39 is 16.1 Å². The van der Waals surface area contributed by atoms with Crippen LogP contribution in [0.1, 0.15) is 23.6 Å². The van der Waals surface area contributed by atoms with Gasteiger partial charge in [-0.2, -0.15) is 14.6 Å². The van der Waals surface area contributed by atoms with Gasteiger partial charge in [0.1, 0.15) is 11.4 Å². The van der Waals surface area contributed by atoms with Crippen molar-refractivity contribution in [2.24, 2.45) is 5.10 Å². The fraction of sp³-hybridized carbons (Fsp3) is 0.167. The molecule has 3 heterocycles. The zero-order valence-electron chi connectivity index (χ0n) is 18.1. The molecule has 0 bridgehead atoms. The van der Waals surface area contributed by atoms with Crippen molar-refractivity contribution in [2.45, 2.75) is 12.5 Å². The van der Waals surface area contributed by atoms with Crippen molar-refractivity contribution in [1.82, 2.24) is 14.2 Å². The first-order valence-corrected chi connectivity index (χ1v) is 13.1. The van der Waals surface area contributed by atoms with Gasteiger partial charge in [0.15, 0.2) is 0 Å². The van der Waals surface area contributed by atoms with Gasteiger partial charge >= 0.3 is 0 Å². The third-order valence-electron chi connectivity index (χ3n) is 5.49. The molecule has 1 atom stereocenters.